The first-order valence-electron chi connectivity index (χ1n) is 11.7. The molecule has 1 N–H and O–H groups in total. The van der Waals surface area contributed by atoms with E-state index in [9.17, 15) is 13.5 Å². The molecule has 3 rings (SSSR count). The molecule has 0 unspecified atom stereocenters. The number of aliphatic hydroxyl groups is 1. The number of benzene rings is 2. The number of nitrogens with zero attached hydrogens (tertiary/aromatic N) is 3. The summed E-state index contributed by atoms with van der Waals surface area (Å²) in [4.78, 5) is 9.29. The number of aliphatic hydroxyl groups excluding tert-OH is 1. The van der Waals surface area contributed by atoms with Crippen LogP contribution in [0.4, 0.5) is 5.82 Å². The van der Waals surface area contributed by atoms with Crippen LogP contribution in [-0.4, -0.2) is 50.4 Å². The minimum atomic E-state index is -4.03. The molecule has 3 aromatic rings. The second kappa shape index (κ2) is 12.0. The molecule has 0 amide bonds. The van der Waals surface area contributed by atoms with E-state index >= 15 is 0 Å². The van der Waals surface area contributed by atoms with Crippen molar-refractivity contribution >= 4 is 15.8 Å². The van der Waals surface area contributed by atoms with Gasteiger partial charge in [-0.1, -0.05) is 58.0 Å². The second-order valence-corrected chi connectivity index (χ2v) is 10.6. The summed E-state index contributed by atoms with van der Waals surface area (Å²) in [6.45, 7) is 7.44. The molecule has 0 bridgehead atoms. The maximum absolute atomic E-state index is 13.9. The van der Waals surface area contributed by atoms with Crippen LogP contribution in [0.3, 0.4) is 0 Å². The molecule has 0 atom stereocenters. The highest BCUT2D eigenvalue weighted by Gasteiger charge is 2.33. The molecule has 2 aromatic carbocycles. The molecule has 1 aromatic heterocycles. The lowest BCUT2D eigenvalue weighted by Crippen LogP contribution is -2.35. The third-order valence-corrected chi connectivity index (χ3v) is 6.83. The largest absolute Gasteiger partial charge is 0.493 e. The van der Waals surface area contributed by atoms with Gasteiger partial charge in [0, 0.05) is 12.5 Å². The average molecular weight is 516 g/mol. The molecule has 1 heterocycles. The lowest BCUT2D eigenvalue weighted by atomic mass is 10.2. The fourth-order valence-electron chi connectivity index (χ4n) is 3.35. The zero-order valence-corrected chi connectivity index (χ0v) is 22.0. The molecule has 10 heteroatoms. The van der Waals surface area contributed by atoms with E-state index in [0.717, 1.165) is 0 Å². The topological polar surface area (TPSA) is 111 Å². The summed E-state index contributed by atoms with van der Waals surface area (Å²) in [5, 5.41) is 9.41. The van der Waals surface area contributed by atoms with Gasteiger partial charge >= 0.3 is 0 Å². The van der Waals surface area contributed by atoms with Crippen molar-refractivity contribution in [1.29, 1.82) is 0 Å². The Morgan fingerprint density at radius 1 is 0.944 bits per heavy atom. The summed E-state index contributed by atoms with van der Waals surface area (Å²) in [7, 11) is -2.52. The zero-order valence-electron chi connectivity index (χ0n) is 21.2. The summed E-state index contributed by atoms with van der Waals surface area (Å²) in [6.07, 6.45) is 0. The van der Waals surface area contributed by atoms with E-state index in [0.29, 0.717) is 17.3 Å². The average Bonchev–Trinajstić information content (AvgIpc) is 2.87. The third kappa shape index (κ3) is 6.24. The van der Waals surface area contributed by atoms with Gasteiger partial charge in [0.2, 0.25) is 5.75 Å². The fourth-order valence-corrected chi connectivity index (χ4v) is 4.96. The number of aromatic nitrogens is 2. The molecule has 0 aliphatic carbocycles. The lowest BCUT2D eigenvalue weighted by molar-refractivity contribution is 0.192. The van der Waals surface area contributed by atoms with Gasteiger partial charge in [0.15, 0.2) is 17.3 Å². The van der Waals surface area contributed by atoms with Crippen molar-refractivity contribution in [3.8, 4) is 23.1 Å². The van der Waals surface area contributed by atoms with Gasteiger partial charge in [0.25, 0.3) is 15.9 Å². The summed E-state index contributed by atoms with van der Waals surface area (Å²) in [5.74, 6) is 1.05. The van der Waals surface area contributed by atoms with Crippen LogP contribution in [0.25, 0.3) is 0 Å². The monoisotopic (exact) mass is 515 g/mol. The van der Waals surface area contributed by atoms with Crippen LogP contribution in [0.2, 0.25) is 0 Å². The highest BCUT2D eigenvalue weighted by molar-refractivity contribution is 7.92. The summed E-state index contributed by atoms with van der Waals surface area (Å²) >= 11 is 0. The van der Waals surface area contributed by atoms with Gasteiger partial charge in [-0.2, -0.15) is 4.98 Å². The molecule has 0 aliphatic heterocycles. The van der Waals surface area contributed by atoms with Crippen LogP contribution in [0.15, 0.2) is 59.5 Å². The van der Waals surface area contributed by atoms with Gasteiger partial charge in [-0.3, -0.25) is 0 Å². The Morgan fingerprint density at radius 3 is 2.17 bits per heavy atom. The van der Waals surface area contributed by atoms with Gasteiger partial charge in [-0.05, 0) is 30.2 Å². The van der Waals surface area contributed by atoms with Gasteiger partial charge in [-0.15, -0.1) is 0 Å². The maximum atomic E-state index is 13.9. The van der Waals surface area contributed by atoms with Gasteiger partial charge in [-0.25, -0.2) is 17.7 Å². The Hall–Kier alpha value is -3.37. The molecule has 194 valence electrons. The molecule has 9 nitrogen and oxygen atoms in total. The molecule has 0 spiro atoms. The van der Waals surface area contributed by atoms with Crippen molar-refractivity contribution in [2.24, 2.45) is 5.92 Å². The molecule has 0 radical (unpaired) electrons. The lowest BCUT2D eigenvalue weighted by Gasteiger charge is -2.28. The number of anilines is 1. The number of ether oxygens (including phenoxy) is 3. The summed E-state index contributed by atoms with van der Waals surface area (Å²) in [6, 6.07) is 15.1. The molecule has 0 saturated carbocycles. The van der Waals surface area contributed by atoms with Crippen molar-refractivity contribution in [1.82, 2.24) is 9.97 Å². The normalized spacial score (nSPS) is 11.6. The minimum Gasteiger partial charge on any atom is -0.493 e. The van der Waals surface area contributed by atoms with Gasteiger partial charge in [0.1, 0.15) is 12.4 Å². The molecule has 0 fully saturated rings. The second-order valence-electron chi connectivity index (χ2n) is 8.76. The van der Waals surface area contributed by atoms with Crippen molar-refractivity contribution in [2.75, 3.05) is 31.2 Å². The van der Waals surface area contributed by atoms with E-state index in [1.54, 1.807) is 42.5 Å². The van der Waals surface area contributed by atoms with Gasteiger partial charge < -0.3 is 19.3 Å². The van der Waals surface area contributed by atoms with Crippen LogP contribution in [0.5, 0.6) is 23.1 Å². The van der Waals surface area contributed by atoms with E-state index in [4.69, 9.17) is 14.2 Å². The van der Waals surface area contributed by atoms with E-state index in [-0.39, 0.29) is 53.9 Å². The van der Waals surface area contributed by atoms with Crippen LogP contribution in [0.1, 0.15) is 39.4 Å². The highest BCUT2D eigenvalue weighted by atomic mass is 32.2. The SMILES string of the molecule is COc1ccccc1Oc1c(OCCO)nc(C(C)C)nc1N(CC(C)C)S(=O)(=O)c1ccccc1. The maximum Gasteiger partial charge on any atom is 0.265 e. The van der Waals surface area contributed by atoms with E-state index in [1.807, 2.05) is 27.7 Å². The number of hydrogen-bond donors (Lipinski definition) is 1. The number of rotatable bonds is 12. The van der Waals surface area contributed by atoms with Crippen molar-refractivity contribution < 1.29 is 27.7 Å². The van der Waals surface area contributed by atoms with Crippen molar-refractivity contribution in [3.05, 3.63) is 60.4 Å². The standard InChI is InChI=1S/C26H33N3O6S/c1-18(2)17-29(36(31,32)20-11-7-6-8-12-20)25-23(35-22-14-10-9-13-21(22)33-5)26(34-16-15-30)28-24(27-25)19(3)4/h6-14,18-19,30H,15-17H2,1-5H3. The molecular weight excluding hydrogens is 482 g/mol. The zero-order chi connectivity index (χ0) is 26.3. The van der Waals surface area contributed by atoms with E-state index in [2.05, 4.69) is 9.97 Å². The van der Waals surface area contributed by atoms with E-state index in [1.165, 1.54) is 23.5 Å². The molecule has 0 saturated heterocycles. The van der Waals surface area contributed by atoms with Crippen molar-refractivity contribution in [3.63, 3.8) is 0 Å². The smallest absolute Gasteiger partial charge is 0.265 e. The quantitative estimate of drug-likeness (QED) is 0.372. The van der Waals surface area contributed by atoms with Crippen LogP contribution in [-0.2, 0) is 10.0 Å². The highest BCUT2D eigenvalue weighted by Crippen LogP contribution is 2.43. The summed E-state index contributed by atoms with van der Waals surface area (Å²) < 4.78 is 46.4. The first kappa shape index (κ1) is 27.2. The fraction of sp³-hybridized carbons (Fsp3) is 0.385. The Balaban J connectivity index is 2.31. The Bertz CT molecular complexity index is 1250. The van der Waals surface area contributed by atoms with E-state index < -0.39 is 10.0 Å². The first-order chi connectivity index (χ1) is 17.2. The third-order valence-electron chi connectivity index (χ3n) is 5.06. The van der Waals surface area contributed by atoms with Crippen LogP contribution < -0.4 is 18.5 Å². The Kier molecular flexibility index (Phi) is 9.11. The number of para-hydroxylation sites is 2. The van der Waals surface area contributed by atoms with Crippen molar-refractivity contribution in [2.45, 2.75) is 38.5 Å². The number of sulfonamides is 1. The predicted molar refractivity (Wildman–Crippen MR) is 138 cm³/mol. The number of methoxy groups -OCH3 is 1. The van der Waals surface area contributed by atoms with Crippen LogP contribution >= 0.6 is 0 Å². The minimum absolute atomic E-state index is 0.0116. The molecule has 0 aliphatic rings. The van der Waals surface area contributed by atoms with Crippen LogP contribution in [0, 0.1) is 5.92 Å². The molecular formula is C26H33N3O6S. The summed E-state index contributed by atoms with van der Waals surface area (Å²) in [5.41, 5.74) is 0. The first-order valence-corrected chi connectivity index (χ1v) is 13.2. The number of hydrogen-bond acceptors (Lipinski definition) is 8. The predicted octanol–water partition coefficient (Wildman–Crippen LogP) is 4.62. The Morgan fingerprint density at radius 2 is 1.58 bits per heavy atom. The van der Waals surface area contributed by atoms with Gasteiger partial charge in [0.05, 0.1) is 18.6 Å². The molecule has 36 heavy (non-hydrogen) atoms. The Labute approximate surface area is 212 Å².